The average molecular weight is 481 g/mol. The maximum absolute atomic E-state index is 11.4. The molecule has 0 radical (unpaired) electrons. The number of pyridine rings is 1. The molecule has 3 aromatic heterocycles. The van der Waals surface area contributed by atoms with E-state index in [4.69, 9.17) is 9.72 Å². The fourth-order valence-corrected chi connectivity index (χ4v) is 4.14. The average Bonchev–Trinajstić information content (AvgIpc) is 3.19. The summed E-state index contributed by atoms with van der Waals surface area (Å²) < 4.78 is 7.83. The number of rotatable bonds is 7. The van der Waals surface area contributed by atoms with Crippen molar-refractivity contribution in [2.24, 2.45) is 13.0 Å². The SMILES string of the molecule is Cc1nc(-c2nnn(C)c2CNc2ncnc(C(C)(C)C)n2)ccc1O[C@H]1CCC[C@H](C(=O)O)C1. The molecule has 0 spiro atoms. The Balaban J connectivity index is 1.49. The smallest absolute Gasteiger partial charge is 0.306 e. The van der Waals surface area contributed by atoms with Crippen molar-refractivity contribution in [3.63, 3.8) is 0 Å². The first-order valence-corrected chi connectivity index (χ1v) is 11.8. The number of nitrogens with zero attached hydrogens (tertiary/aromatic N) is 7. The first-order chi connectivity index (χ1) is 16.6. The minimum absolute atomic E-state index is 0.120. The summed E-state index contributed by atoms with van der Waals surface area (Å²) in [6.07, 6.45) is 4.30. The van der Waals surface area contributed by atoms with Crippen LogP contribution in [0.1, 0.15) is 63.7 Å². The number of aliphatic carboxylic acids is 1. The van der Waals surface area contributed by atoms with Crippen LogP contribution in [-0.4, -0.2) is 52.1 Å². The Morgan fingerprint density at radius 2 is 2.03 bits per heavy atom. The molecular formula is C24H32N8O3. The van der Waals surface area contributed by atoms with Gasteiger partial charge in [-0.05, 0) is 44.7 Å². The quantitative estimate of drug-likeness (QED) is 0.517. The van der Waals surface area contributed by atoms with Crippen LogP contribution in [0.5, 0.6) is 5.75 Å². The van der Waals surface area contributed by atoms with Gasteiger partial charge in [0.05, 0.1) is 35.6 Å². The Kier molecular flexibility index (Phi) is 6.95. The summed E-state index contributed by atoms with van der Waals surface area (Å²) in [7, 11) is 1.83. The fraction of sp³-hybridized carbons (Fsp3) is 0.542. The molecule has 35 heavy (non-hydrogen) atoms. The van der Waals surface area contributed by atoms with Gasteiger partial charge in [0.25, 0.3) is 0 Å². The van der Waals surface area contributed by atoms with E-state index in [1.807, 2.05) is 26.1 Å². The summed E-state index contributed by atoms with van der Waals surface area (Å²) in [4.78, 5) is 29.1. The molecule has 2 N–H and O–H groups in total. The van der Waals surface area contributed by atoms with Crippen molar-refractivity contribution >= 4 is 11.9 Å². The molecule has 11 nitrogen and oxygen atoms in total. The van der Waals surface area contributed by atoms with Gasteiger partial charge in [-0.3, -0.25) is 4.79 Å². The van der Waals surface area contributed by atoms with Crippen molar-refractivity contribution in [2.75, 3.05) is 5.32 Å². The zero-order valence-electron chi connectivity index (χ0n) is 20.8. The van der Waals surface area contributed by atoms with E-state index in [9.17, 15) is 9.90 Å². The Morgan fingerprint density at radius 3 is 2.74 bits per heavy atom. The zero-order chi connectivity index (χ0) is 25.2. The standard InChI is InChI=1S/C24H32N8O3/c1-14-19(35-16-8-6-7-15(11-16)21(33)34)10-9-17(28-14)20-18(32(5)31-30-20)12-25-23-27-13-26-22(29-23)24(2,3)4/h9-10,13,15-16H,6-8,11-12H2,1-5H3,(H,33,34)(H,25,26,27,29)/t15-,16-/m0/s1. The normalized spacial score (nSPS) is 18.3. The lowest BCUT2D eigenvalue weighted by Gasteiger charge is -2.27. The third kappa shape index (κ3) is 5.72. The summed E-state index contributed by atoms with van der Waals surface area (Å²) >= 11 is 0. The highest BCUT2D eigenvalue weighted by molar-refractivity contribution is 5.70. The number of carbonyl (C=O) groups is 1. The molecule has 0 aromatic carbocycles. The molecule has 3 aromatic rings. The first-order valence-electron chi connectivity index (χ1n) is 11.8. The number of aromatic nitrogens is 7. The van der Waals surface area contributed by atoms with Gasteiger partial charge in [-0.25, -0.2) is 19.6 Å². The highest BCUT2D eigenvalue weighted by Crippen LogP contribution is 2.30. The molecule has 2 atom stereocenters. The number of hydrogen-bond acceptors (Lipinski definition) is 9. The second-order valence-electron chi connectivity index (χ2n) is 9.97. The number of carboxylic acid groups (broad SMARTS) is 1. The van der Waals surface area contributed by atoms with Gasteiger partial charge in [0.15, 0.2) is 0 Å². The van der Waals surface area contributed by atoms with Crippen LogP contribution in [0.3, 0.4) is 0 Å². The fourth-order valence-electron chi connectivity index (χ4n) is 4.14. The molecule has 1 aliphatic rings. The van der Waals surface area contributed by atoms with E-state index in [2.05, 4.69) is 51.4 Å². The van der Waals surface area contributed by atoms with Gasteiger partial charge in [-0.1, -0.05) is 26.0 Å². The second-order valence-corrected chi connectivity index (χ2v) is 9.97. The Labute approximate surface area is 204 Å². The monoisotopic (exact) mass is 480 g/mol. The van der Waals surface area contributed by atoms with Crippen LogP contribution in [0.2, 0.25) is 0 Å². The van der Waals surface area contributed by atoms with Gasteiger partial charge in [-0.2, -0.15) is 4.98 Å². The molecule has 0 unspecified atom stereocenters. The number of ether oxygens (including phenoxy) is 1. The molecule has 1 saturated carbocycles. The molecule has 0 aliphatic heterocycles. The van der Waals surface area contributed by atoms with E-state index in [-0.39, 0.29) is 17.4 Å². The van der Waals surface area contributed by atoms with Gasteiger partial charge in [0, 0.05) is 12.5 Å². The molecule has 11 heteroatoms. The molecule has 0 amide bonds. The number of nitrogens with one attached hydrogen (secondary N) is 1. The van der Waals surface area contributed by atoms with Gasteiger partial charge in [0.2, 0.25) is 5.95 Å². The largest absolute Gasteiger partial charge is 0.489 e. The van der Waals surface area contributed by atoms with Gasteiger partial charge < -0.3 is 15.2 Å². The van der Waals surface area contributed by atoms with Gasteiger partial charge in [0.1, 0.15) is 23.6 Å². The molecule has 3 heterocycles. The number of aryl methyl sites for hydroxylation is 2. The summed E-state index contributed by atoms with van der Waals surface area (Å²) in [5, 5.41) is 21.1. The van der Waals surface area contributed by atoms with Crippen molar-refractivity contribution < 1.29 is 14.6 Å². The lowest BCUT2D eigenvalue weighted by Crippen LogP contribution is -2.29. The predicted octanol–water partition coefficient (Wildman–Crippen LogP) is 3.30. The third-order valence-corrected chi connectivity index (χ3v) is 6.15. The van der Waals surface area contributed by atoms with Crippen molar-refractivity contribution in [2.45, 2.75) is 71.4 Å². The lowest BCUT2D eigenvalue weighted by atomic mass is 9.87. The van der Waals surface area contributed by atoms with Gasteiger partial charge in [-0.15, -0.1) is 5.10 Å². The van der Waals surface area contributed by atoms with Crippen molar-refractivity contribution in [1.29, 1.82) is 0 Å². The molecule has 0 saturated heterocycles. The van der Waals surface area contributed by atoms with Crippen LogP contribution < -0.4 is 10.1 Å². The molecule has 186 valence electrons. The van der Waals surface area contributed by atoms with Gasteiger partial charge >= 0.3 is 5.97 Å². The van der Waals surface area contributed by atoms with Crippen LogP contribution in [-0.2, 0) is 23.8 Å². The number of hydrogen-bond donors (Lipinski definition) is 2. The summed E-state index contributed by atoms with van der Waals surface area (Å²) in [5.74, 6) is 0.753. The summed E-state index contributed by atoms with van der Waals surface area (Å²) in [6.45, 7) is 8.44. The minimum Gasteiger partial charge on any atom is -0.489 e. The van der Waals surface area contributed by atoms with E-state index < -0.39 is 5.97 Å². The Hall–Kier alpha value is -3.63. The van der Waals surface area contributed by atoms with Crippen molar-refractivity contribution in [1.82, 2.24) is 34.9 Å². The molecule has 4 rings (SSSR count). The molecule has 1 aliphatic carbocycles. The maximum atomic E-state index is 11.4. The van der Waals surface area contributed by atoms with Crippen LogP contribution in [0.25, 0.3) is 11.4 Å². The summed E-state index contributed by atoms with van der Waals surface area (Å²) in [5.41, 5.74) is 2.70. The van der Waals surface area contributed by atoms with Crippen LogP contribution in [0, 0.1) is 12.8 Å². The Bertz CT molecular complexity index is 1200. The van der Waals surface area contributed by atoms with Crippen molar-refractivity contribution in [3.8, 4) is 17.1 Å². The zero-order valence-corrected chi connectivity index (χ0v) is 20.8. The second kappa shape index (κ2) is 9.93. The first kappa shape index (κ1) is 24.5. The molecule has 0 bridgehead atoms. The van der Waals surface area contributed by atoms with Crippen LogP contribution >= 0.6 is 0 Å². The molecule has 1 fully saturated rings. The van der Waals surface area contributed by atoms with Crippen LogP contribution in [0.4, 0.5) is 5.95 Å². The minimum atomic E-state index is -0.751. The third-order valence-electron chi connectivity index (χ3n) is 6.15. The summed E-state index contributed by atoms with van der Waals surface area (Å²) in [6, 6.07) is 3.73. The molecular weight excluding hydrogens is 448 g/mol. The van der Waals surface area contributed by atoms with E-state index in [0.29, 0.717) is 48.3 Å². The Morgan fingerprint density at radius 1 is 1.23 bits per heavy atom. The van der Waals surface area contributed by atoms with Crippen molar-refractivity contribution in [3.05, 3.63) is 35.7 Å². The van der Waals surface area contributed by atoms with Crippen LogP contribution in [0.15, 0.2) is 18.5 Å². The highest BCUT2D eigenvalue weighted by atomic mass is 16.5. The lowest BCUT2D eigenvalue weighted by molar-refractivity contribution is -0.143. The highest BCUT2D eigenvalue weighted by Gasteiger charge is 2.28. The number of anilines is 1. The van der Waals surface area contributed by atoms with E-state index >= 15 is 0 Å². The predicted molar refractivity (Wildman–Crippen MR) is 129 cm³/mol. The van der Waals surface area contributed by atoms with E-state index in [1.54, 1.807) is 4.68 Å². The number of carboxylic acids is 1. The maximum Gasteiger partial charge on any atom is 0.306 e. The van der Waals surface area contributed by atoms with E-state index in [0.717, 1.165) is 24.2 Å². The van der Waals surface area contributed by atoms with E-state index in [1.165, 1.54) is 6.33 Å². The topological polar surface area (TPSA) is 141 Å².